The number of amides is 1. The Morgan fingerprint density at radius 1 is 1.12 bits per heavy atom. The van der Waals surface area contributed by atoms with Crippen molar-refractivity contribution in [1.29, 1.82) is 0 Å². The summed E-state index contributed by atoms with van der Waals surface area (Å²) in [7, 11) is 0. The van der Waals surface area contributed by atoms with Gasteiger partial charge in [0.1, 0.15) is 5.82 Å². The zero-order valence-corrected chi connectivity index (χ0v) is 19.1. The molecule has 1 amide bonds. The lowest BCUT2D eigenvalue weighted by atomic mass is 10.0. The fourth-order valence-corrected chi connectivity index (χ4v) is 5.17. The number of nitrogens with one attached hydrogen (secondary N) is 1. The number of hydrogen-bond acceptors (Lipinski definition) is 6. The van der Waals surface area contributed by atoms with Crippen molar-refractivity contribution in [2.24, 2.45) is 0 Å². The summed E-state index contributed by atoms with van der Waals surface area (Å²) < 4.78 is 5.48. The Hall–Kier alpha value is -2.35. The van der Waals surface area contributed by atoms with Gasteiger partial charge in [-0.05, 0) is 36.6 Å². The maximum absolute atomic E-state index is 13.3. The zero-order valence-electron chi connectivity index (χ0n) is 18.3. The fourth-order valence-electron chi connectivity index (χ4n) is 4.96. The van der Waals surface area contributed by atoms with Crippen LogP contribution in [0.3, 0.4) is 0 Å². The van der Waals surface area contributed by atoms with Crippen LogP contribution in [0.1, 0.15) is 28.8 Å². The Bertz CT molecular complexity index is 957. The molecule has 0 spiro atoms. The van der Waals surface area contributed by atoms with Gasteiger partial charge in [0.15, 0.2) is 0 Å². The molecule has 2 fully saturated rings. The Morgan fingerprint density at radius 2 is 1.94 bits per heavy atom. The molecule has 0 aliphatic carbocycles. The van der Waals surface area contributed by atoms with Crippen LogP contribution < -0.4 is 10.2 Å². The molecule has 5 rings (SSSR count). The maximum Gasteiger partial charge on any atom is 0.255 e. The first-order valence-corrected chi connectivity index (χ1v) is 11.9. The van der Waals surface area contributed by atoms with E-state index >= 15 is 0 Å². The van der Waals surface area contributed by atoms with Crippen LogP contribution in [-0.2, 0) is 11.3 Å². The number of halogens is 1. The quantitative estimate of drug-likeness (QED) is 0.764. The second kappa shape index (κ2) is 9.65. The van der Waals surface area contributed by atoms with Crippen molar-refractivity contribution in [3.8, 4) is 0 Å². The van der Waals surface area contributed by atoms with Crippen molar-refractivity contribution in [3.63, 3.8) is 0 Å². The molecular formula is C24H30ClN5O2. The molecule has 4 heterocycles. The van der Waals surface area contributed by atoms with E-state index < -0.39 is 0 Å². The topological polar surface area (TPSA) is 60.9 Å². The number of pyridine rings is 1. The number of anilines is 2. The van der Waals surface area contributed by atoms with E-state index in [2.05, 4.69) is 26.2 Å². The molecule has 8 heteroatoms. The number of rotatable bonds is 4. The first-order chi connectivity index (χ1) is 15.7. The maximum atomic E-state index is 13.3. The van der Waals surface area contributed by atoms with Gasteiger partial charge < -0.3 is 19.9 Å². The summed E-state index contributed by atoms with van der Waals surface area (Å²) >= 11 is 6.17. The predicted octanol–water partition coefficient (Wildman–Crippen LogP) is 3.10. The molecule has 0 unspecified atom stereocenters. The molecule has 0 atom stereocenters. The molecule has 0 saturated carbocycles. The molecule has 3 aliphatic rings. The van der Waals surface area contributed by atoms with Crippen LogP contribution in [0, 0.1) is 0 Å². The van der Waals surface area contributed by atoms with Crippen molar-refractivity contribution >= 4 is 29.0 Å². The number of carbonyl (C=O) groups is 1. The molecule has 0 radical (unpaired) electrons. The van der Waals surface area contributed by atoms with Gasteiger partial charge in [0, 0.05) is 63.1 Å². The van der Waals surface area contributed by atoms with Gasteiger partial charge in [0.2, 0.25) is 0 Å². The van der Waals surface area contributed by atoms with E-state index in [0.29, 0.717) is 11.6 Å². The second-order valence-electron chi connectivity index (χ2n) is 8.74. The van der Waals surface area contributed by atoms with E-state index in [0.717, 1.165) is 94.0 Å². The fraction of sp³-hybridized carbons (Fsp3) is 0.500. The number of nitrogens with zero attached hydrogens (tertiary/aromatic N) is 4. The van der Waals surface area contributed by atoms with Gasteiger partial charge in [-0.25, -0.2) is 4.98 Å². The number of morpholine rings is 1. The summed E-state index contributed by atoms with van der Waals surface area (Å²) in [5, 5.41) is 4.09. The Kier molecular flexibility index (Phi) is 6.48. The van der Waals surface area contributed by atoms with E-state index in [4.69, 9.17) is 16.3 Å². The molecule has 1 N–H and O–H groups in total. The molecule has 2 aromatic rings. The van der Waals surface area contributed by atoms with Crippen LogP contribution in [0.4, 0.5) is 11.5 Å². The monoisotopic (exact) mass is 455 g/mol. The highest BCUT2D eigenvalue weighted by molar-refractivity contribution is 6.30. The molecule has 7 nitrogen and oxygen atoms in total. The molecule has 32 heavy (non-hydrogen) atoms. The predicted molar refractivity (Wildman–Crippen MR) is 127 cm³/mol. The Balaban J connectivity index is 1.27. The highest BCUT2D eigenvalue weighted by atomic mass is 35.5. The standard InChI is InChI=1S/C24H30ClN5O2/c25-20-3-1-2-18(14-20)17-30-9-6-26-23-22(30)15-19(16-27-23)24(31)29-7-4-21(5-8-29)28-10-12-32-13-11-28/h1-3,14-16,21H,4-13,17H2,(H,26,27). The van der Waals surface area contributed by atoms with Crippen LogP contribution in [0.15, 0.2) is 36.5 Å². The number of carbonyl (C=O) groups excluding carboxylic acids is 1. The first kappa shape index (κ1) is 21.5. The van der Waals surface area contributed by atoms with Crippen molar-refractivity contribution in [1.82, 2.24) is 14.8 Å². The van der Waals surface area contributed by atoms with Gasteiger partial charge >= 0.3 is 0 Å². The third kappa shape index (κ3) is 4.70. The van der Waals surface area contributed by atoms with Crippen molar-refractivity contribution in [2.75, 3.05) is 62.7 Å². The van der Waals surface area contributed by atoms with Crippen LogP contribution >= 0.6 is 11.6 Å². The van der Waals surface area contributed by atoms with E-state index in [-0.39, 0.29) is 5.91 Å². The molecule has 2 saturated heterocycles. The van der Waals surface area contributed by atoms with Crippen LogP contribution in [0.25, 0.3) is 0 Å². The Morgan fingerprint density at radius 3 is 2.72 bits per heavy atom. The van der Waals surface area contributed by atoms with Gasteiger partial charge in [-0.1, -0.05) is 23.7 Å². The van der Waals surface area contributed by atoms with Gasteiger partial charge in [-0.15, -0.1) is 0 Å². The van der Waals surface area contributed by atoms with Crippen LogP contribution in [0.5, 0.6) is 0 Å². The molecule has 1 aromatic heterocycles. The lowest BCUT2D eigenvalue weighted by Gasteiger charge is -2.40. The van der Waals surface area contributed by atoms with Gasteiger partial charge in [0.25, 0.3) is 5.91 Å². The average molecular weight is 456 g/mol. The number of ether oxygens (including phenoxy) is 1. The summed E-state index contributed by atoms with van der Waals surface area (Å²) in [5.41, 5.74) is 2.78. The number of hydrogen-bond donors (Lipinski definition) is 1. The van der Waals surface area contributed by atoms with E-state index in [1.165, 1.54) is 0 Å². The molecule has 3 aliphatic heterocycles. The minimum atomic E-state index is 0.0778. The lowest BCUT2D eigenvalue weighted by Crippen LogP contribution is -2.50. The highest BCUT2D eigenvalue weighted by Crippen LogP contribution is 2.30. The number of benzene rings is 1. The zero-order chi connectivity index (χ0) is 21.9. The van der Waals surface area contributed by atoms with Crippen molar-refractivity contribution in [2.45, 2.75) is 25.4 Å². The Labute approximate surface area is 194 Å². The largest absolute Gasteiger partial charge is 0.379 e. The lowest BCUT2D eigenvalue weighted by molar-refractivity contribution is 0.00158. The van der Waals surface area contributed by atoms with E-state index in [1.54, 1.807) is 6.20 Å². The van der Waals surface area contributed by atoms with Crippen LogP contribution in [-0.4, -0.2) is 79.2 Å². The number of likely N-dealkylation sites (tertiary alicyclic amines) is 1. The summed E-state index contributed by atoms with van der Waals surface area (Å²) in [6, 6.07) is 10.5. The molecule has 0 bridgehead atoms. The third-order valence-corrected chi connectivity index (χ3v) is 6.94. The molecular weight excluding hydrogens is 426 g/mol. The summed E-state index contributed by atoms with van der Waals surface area (Å²) in [4.78, 5) is 24.6. The van der Waals surface area contributed by atoms with E-state index in [1.807, 2.05) is 29.2 Å². The first-order valence-electron chi connectivity index (χ1n) is 11.5. The molecule has 170 valence electrons. The number of piperidine rings is 1. The van der Waals surface area contributed by atoms with Gasteiger partial charge in [0.05, 0.1) is 24.5 Å². The summed E-state index contributed by atoms with van der Waals surface area (Å²) in [6.07, 6.45) is 3.75. The third-order valence-electron chi connectivity index (χ3n) is 6.71. The minimum absolute atomic E-state index is 0.0778. The highest BCUT2D eigenvalue weighted by Gasteiger charge is 2.29. The van der Waals surface area contributed by atoms with Crippen molar-refractivity contribution in [3.05, 3.63) is 52.7 Å². The average Bonchev–Trinajstić information content (AvgIpc) is 2.84. The smallest absolute Gasteiger partial charge is 0.255 e. The van der Waals surface area contributed by atoms with Crippen molar-refractivity contribution < 1.29 is 9.53 Å². The van der Waals surface area contributed by atoms with E-state index in [9.17, 15) is 4.79 Å². The second-order valence-corrected chi connectivity index (χ2v) is 9.18. The normalized spacial score (nSPS) is 20.0. The van der Waals surface area contributed by atoms with Gasteiger partial charge in [-0.2, -0.15) is 0 Å². The molecule has 1 aromatic carbocycles. The summed E-state index contributed by atoms with van der Waals surface area (Å²) in [6.45, 7) is 7.64. The minimum Gasteiger partial charge on any atom is -0.379 e. The van der Waals surface area contributed by atoms with Gasteiger partial charge in [-0.3, -0.25) is 9.69 Å². The van der Waals surface area contributed by atoms with Crippen LogP contribution in [0.2, 0.25) is 5.02 Å². The number of aromatic nitrogens is 1. The summed E-state index contributed by atoms with van der Waals surface area (Å²) in [5.74, 6) is 0.912. The number of fused-ring (bicyclic) bond motifs is 1. The SMILES string of the molecule is O=C(c1cnc2c(c1)N(Cc1cccc(Cl)c1)CCN2)N1CCC(N2CCOCC2)CC1.